The van der Waals surface area contributed by atoms with Gasteiger partial charge in [-0.3, -0.25) is 4.90 Å². The molecule has 1 aromatic carbocycles. The number of phenolic OH excluding ortho intramolecular Hbond substituents is 1. The van der Waals surface area contributed by atoms with Gasteiger partial charge in [0.25, 0.3) is 0 Å². The van der Waals surface area contributed by atoms with Crippen molar-refractivity contribution in [3.8, 4) is 11.5 Å². The van der Waals surface area contributed by atoms with Crippen molar-refractivity contribution in [3.63, 3.8) is 0 Å². The first-order valence-electron chi connectivity index (χ1n) is 6.85. The van der Waals surface area contributed by atoms with Crippen LogP contribution in [-0.4, -0.2) is 55.2 Å². The molecular weight excluding hydrogens is 240 g/mol. The van der Waals surface area contributed by atoms with Crippen molar-refractivity contribution < 1.29 is 9.84 Å². The van der Waals surface area contributed by atoms with Gasteiger partial charge in [-0.1, -0.05) is 6.07 Å². The Hall–Kier alpha value is -1.26. The average molecular weight is 264 g/mol. The van der Waals surface area contributed by atoms with E-state index in [1.807, 2.05) is 12.1 Å². The zero-order valence-corrected chi connectivity index (χ0v) is 12.1. The number of phenols is 1. The predicted octanol–water partition coefficient (Wildman–Crippen LogP) is 1.93. The van der Waals surface area contributed by atoms with Crippen LogP contribution in [0.1, 0.15) is 18.4 Å². The van der Waals surface area contributed by atoms with E-state index in [0.29, 0.717) is 11.8 Å². The number of methoxy groups -OCH3 is 1. The van der Waals surface area contributed by atoms with Gasteiger partial charge >= 0.3 is 0 Å². The lowest BCUT2D eigenvalue weighted by atomic mass is 10.0. The fourth-order valence-electron chi connectivity index (χ4n) is 2.67. The standard InChI is InChI=1S/C15H24N2O2/c1-16(2)13-5-4-8-17(11-13)10-12-6-7-14(18)15(9-12)19-3/h6-7,9,13,18H,4-5,8,10-11H2,1-3H3. The van der Waals surface area contributed by atoms with Crippen LogP contribution in [0.25, 0.3) is 0 Å². The van der Waals surface area contributed by atoms with Crippen molar-refractivity contribution >= 4 is 0 Å². The topological polar surface area (TPSA) is 35.9 Å². The Labute approximate surface area is 115 Å². The van der Waals surface area contributed by atoms with Gasteiger partial charge in [-0.2, -0.15) is 0 Å². The number of piperidine rings is 1. The summed E-state index contributed by atoms with van der Waals surface area (Å²) in [5.74, 6) is 0.759. The maximum atomic E-state index is 9.61. The Morgan fingerprint density at radius 3 is 2.89 bits per heavy atom. The van der Waals surface area contributed by atoms with E-state index in [-0.39, 0.29) is 5.75 Å². The van der Waals surface area contributed by atoms with Crippen molar-refractivity contribution in [2.75, 3.05) is 34.3 Å². The van der Waals surface area contributed by atoms with Crippen molar-refractivity contribution in [1.29, 1.82) is 0 Å². The van der Waals surface area contributed by atoms with Gasteiger partial charge in [0.15, 0.2) is 11.5 Å². The number of hydrogen-bond acceptors (Lipinski definition) is 4. The summed E-state index contributed by atoms with van der Waals surface area (Å²) in [6.07, 6.45) is 2.53. The first kappa shape index (κ1) is 14.2. The summed E-state index contributed by atoms with van der Waals surface area (Å²) < 4.78 is 5.16. The van der Waals surface area contributed by atoms with Gasteiger partial charge in [0.2, 0.25) is 0 Å². The lowest BCUT2D eigenvalue weighted by molar-refractivity contribution is 0.128. The molecule has 2 rings (SSSR count). The molecule has 106 valence electrons. The summed E-state index contributed by atoms with van der Waals surface area (Å²) in [4.78, 5) is 4.78. The van der Waals surface area contributed by atoms with E-state index >= 15 is 0 Å². The maximum Gasteiger partial charge on any atom is 0.160 e. The summed E-state index contributed by atoms with van der Waals surface area (Å²) in [5.41, 5.74) is 1.19. The molecule has 0 amide bonds. The number of benzene rings is 1. The first-order valence-corrected chi connectivity index (χ1v) is 6.85. The zero-order chi connectivity index (χ0) is 13.8. The van der Waals surface area contributed by atoms with Crippen LogP contribution in [0.5, 0.6) is 11.5 Å². The molecule has 0 aliphatic carbocycles. The Morgan fingerprint density at radius 1 is 1.42 bits per heavy atom. The number of likely N-dealkylation sites (N-methyl/N-ethyl adjacent to an activating group) is 1. The van der Waals surface area contributed by atoms with Crippen molar-refractivity contribution in [1.82, 2.24) is 9.80 Å². The molecule has 1 aliphatic rings. The Bertz CT molecular complexity index is 421. The monoisotopic (exact) mass is 264 g/mol. The van der Waals surface area contributed by atoms with Crippen LogP contribution in [0.2, 0.25) is 0 Å². The van der Waals surface area contributed by atoms with E-state index in [0.717, 1.165) is 19.6 Å². The molecule has 1 N–H and O–H groups in total. The highest BCUT2D eigenvalue weighted by Gasteiger charge is 2.21. The smallest absolute Gasteiger partial charge is 0.160 e. The molecule has 19 heavy (non-hydrogen) atoms. The molecular formula is C15H24N2O2. The van der Waals surface area contributed by atoms with Crippen molar-refractivity contribution in [2.45, 2.75) is 25.4 Å². The third kappa shape index (κ3) is 3.61. The normalized spacial score (nSPS) is 20.7. The maximum absolute atomic E-state index is 9.61. The van der Waals surface area contributed by atoms with Crippen molar-refractivity contribution in [2.24, 2.45) is 0 Å². The molecule has 1 heterocycles. The van der Waals surface area contributed by atoms with Gasteiger partial charge in [0, 0.05) is 19.1 Å². The minimum Gasteiger partial charge on any atom is -0.504 e. The van der Waals surface area contributed by atoms with Gasteiger partial charge in [0.05, 0.1) is 7.11 Å². The molecule has 0 saturated carbocycles. The van der Waals surface area contributed by atoms with Crippen molar-refractivity contribution in [3.05, 3.63) is 23.8 Å². The van der Waals surface area contributed by atoms with E-state index in [9.17, 15) is 5.11 Å². The number of aromatic hydroxyl groups is 1. The third-order valence-electron chi connectivity index (χ3n) is 3.86. The second-order valence-corrected chi connectivity index (χ2v) is 5.50. The lowest BCUT2D eigenvalue weighted by Gasteiger charge is -2.36. The summed E-state index contributed by atoms with van der Waals surface area (Å²) in [6, 6.07) is 6.25. The second-order valence-electron chi connectivity index (χ2n) is 5.50. The van der Waals surface area contributed by atoms with E-state index < -0.39 is 0 Å². The SMILES string of the molecule is COc1cc(CN2CCCC(N(C)C)C2)ccc1O. The molecule has 0 bridgehead atoms. The first-order chi connectivity index (χ1) is 9.10. The highest BCUT2D eigenvalue weighted by Crippen LogP contribution is 2.27. The number of rotatable bonds is 4. The number of nitrogens with zero attached hydrogens (tertiary/aromatic N) is 2. The quantitative estimate of drug-likeness (QED) is 0.901. The fourth-order valence-corrected chi connectivity index (χ4v) is 2.67. The van der Waals surface area contributed by atoms with Gasteiger partial charge in [-0.25, -0.2) is 0 Å². The van der Waals surface area contributed by atoms with E-state index in [2.05, 4.69) is 23.9 Å². The molecule has 1 saturated heterocycles. The second kappa shape index (κ2) is 6.26. The number of hydrogen-bond donors (Lipinski definition) is 1. The molecule has 1 aromatic rings. The van der Waals surface area contributed by atoms with Gasteiger partial charge in [0.1, 0.15) is 0 Å². The van der Waals surface area contributed by atoms with Crippen LogP contribution in [0, 0.1) is 0 Å². The van der Waals surface area contributed by atoms with Crippen LogP contribution in [0.3, 0.4) is 0 Å². The third-order valence-corrected chi connectivity index (χ3v) is 3.86. The van der Waals surface area contributed by atoms with E-state index in [4.69, 9.17) is 4.74 Å². The molecule has 4 nitrogen and oxygen atoms in total. The highest BCUT2D eigenvalue weighted by molar-refractivity contribution is 5.41. The van der Waals surface area contributed by atoms with E-state index in [1.54, 1.807) is 13.2 Å². The molecule has 4 heteroatoms. The Kier molecular flexibility index (Phi) is 4.66. The summed E-state index contributed by atoms with van der Waals surface area (Å²) in [6.45, 7) is 3.17. The summed E-state index contributed by atoms with van der Waals surface area (Å²) >= 11 is 0. The lowest BCUT2D eigenvalue weighted by Crippen LogP contribution is -2.44. The molecule has 0 aromatic heterocycles. The van der Waals surface area contributed by atoms with Gasteiger partial charge < -0.3 is 14.7 Å². The fraction of sp³-hybridized carbons (Fsp3) is 0.600. The Morgan fingerprint density at radius 2 is 2.21 bits per heavy atom. The zero-order valence-electron chi connectivity index (χ0n) is 12.1. The van der Waals surface area contributed by atoms with Crippen LogP contribution in [0.4, 0.5) is 0 Å². The molecule has 1 fully saturated rings. The summed E-state index contributed by atoms with van der Waals surface area (Å²) in [5, 5.41) is 9.61. The molecule has 0 radical (unpaired) electrons. The van der Waals surface area contributed by atoms with Gasteiger partial charge in [-0.05, 0) is 51.2 Å². The summed E-state index contributed by atoms with van der Waals surface area (Å²) in [7, 11) is 5.89. The van der Waals surface area contributed by atoms with Crippen LogP contribution < -0.4 is 4.74 Å². The molecule has 0 spiro atoms. The van der Waals surface area contributed by atoms with E-state index in [1.165, 1.54) is 18.4 Å². The number of ether oxygens (including phenoxy) is 1. The highest BCUT2D eigenvalue weighted by atomic mass is 16.5. The number of likely N-dealkylation sites (tertiary alicyclic amines) is 1. The predicted molar refractivity (Wildman–Crippen MR) is 76.6 cm³/mol. The largest absolute Gasteiger partial charge is 0.504 e. The molecule has 1 unspecified atom stereocenters. The molecule has 1 aliphatic heterocycles. The van der Waals surface area contributed by atoms with Gasteiger partial charge in [-0.15, -0.1) is 0 Å². The average Bonchev–Trinajstić information content (AvgIpc) is 2.41. The van der Waals surface area contributed by atoms with Crippen LogP contribution in [-0.2, 0) is 6.54 Å². The Balaban J connectivity index is 2.00. The minimum atomic E-state index is 0.205. The molecule has 1 atom stereocenters. The van der Waals surface area contributed by atoms with Crippen LogP contribution in [0.15, 0.2) is 18.2 Å². The van der Waals surface area contributed by atoms with Crippen LogP contribution >= 0.6 is 0 Å². The minimum absolute atomic E-state index is 0.205.